The van der Waals surface area contributed by atoms with Gasteiger partial charge >= 0.3 is 6.09 Å². The molecule has 1 aliphatic carbocycles. The number of ether oxygens (including phenoxy) is 1. The van der Waals surface area contributed by atoms with E-state index in [4.69, 9.17) is 16.3 Å². The quantitative estimate of drug-likeness (QED) is 0.487. The minimum atomic E-state index is -1.36. The molecular weight excluding hydrogens is 479 g/mol. The zero-order valence-electron chi connectivity index (χ0n) is 18.7. The number of nitrogens with one attached hydrogen (secondary N) is 2. The third-order valence-corrected chi connectivity index (χ3v) is 5.93. The number of amides is 2. The number of carbonyl (C=O) groups excluding carboxylic acids is 2. The second kappa shape index (κ2) is 9.63. The molecule has 13 heteroatoms. The molecule has 11 nitrogen and oxygen atoms in total. The summed E-state index contributed by atoms with van der Waals surface area (Å²) in [6.45, 7) is 1.66. The van der Waals surface area contributed by atoms with Gasteiger partial charge in [0.2, 0.25) is 5.91 Å². The van der Waals surface area contributed by atoms with Crippen molar-refractivity contribution in [2.75, 3.05) is 10.6 Å². The molecule has 1 saturated carbocycles. The van der Waals surface area contributed by atoms with Crippen LogP contribution in [-0.2, 0) is 16.6 Å². The maximum Gasteiger partial charge on any atom is 0.413 e. The van der Waals surface area contributed by atoms with Crippen LogP contribution in [0.5, 0.6) is 0 Å². The molecule has 3 aromatic heterocycles. The maximum atomic E-state index is 13.2. The highest BCUT2D eigenvalue weighted by molar-refractivity contribution is 6.30. The number of pyridine rings is 2. The predicted molar refractivity (Wildman–Crippen MR) is 123 cm³/mol. The summed E-state index contributed by atoms with van der Waals surface area (Å²) >= 11 is 6.06. The number of aryl methyl sites for hydroxylation is 1. The van der Waals surface area contributed by atoms with Gasteiger partial charge in [-0.25, -0.2) is 18.9 Å². The van der Waals surface area contributed by atoms with Crippen LogP contribution in [0.3, 0.4) is 0 Å². The van der Waals surface area contributed by atoms with Gasteiger partial charge in [-0.2, -0.15) is 5.26 Å². The Morgan fingerprint density at radius 3 is 2.71 bits per heavy atom. The van der Waals surface area contributed by atoms with Gasteiger partial charge in [-0.3, -0.25) is 15.1 Å². The number of nitrogens with zero attached hydrogens (tertiary/aromatic N) is 6. The summed E-state index contributed by atoms with van der Waals surface area (Å²) in [5.41, 5.74) is 0.140. The van der Waals surface area contributed by atoms with E-state index in [0.717, 1.165) is 0 Å². The first-order chi connectivity index (χ1) is 16.7. The summed E-state index contributed by atoms with van der Waals surface area (Å²) in [5.74, 6) is -0.341. The van der Waals surface area contributed by atoms with Gasteiger partial charge in [0.1, 0.15) is 22.8 Å². The largest absolute Gasteiger partial charge is 0.441 e. The van der Waals surface area contributed by atoms with Crippen molar-refractivity contribution in [2.24, 2.45) is 12.5 Å². The molecular formula is C22H20ClFN8O3. The highest BCUT2D eigenvalue weighted by Crippen LogP contribution is 2.43. The molecule has 1 fully saturated rings. The Kier molecular flexibility index (Phi) is 6.61. The minimum Gasteiger partial charge on any atom is -0.441 e. The molecule has 1 atom stereocenters. The number of rotatable bonds is 6. The van der Waals surface area contributed by atoms with Crippen molar-refractivity contribution in [1.82, 2.24) is 25.0 Å². The van der Waals surface area contributed by atoms with E-state index in [-0.39, 0.29) is 29.5 Å². The van der Waals surface area contributed by atoms with E-state index in [1.807, 2.05) is 6.07 Å². The zero-order chi connectivity index (χ0) is 25.2. The number of carbonyl (C=O) groups is 2. The fourth-order valence-corrected chi connectivity index (χ4v) is 3.88. The van der Waals surface area contributed by atoms with E-state index >= 15 is 0 Å². The number of anilines is 2. The molecule has 3 aromatic rings. The van der Waals surface area contributed by atoms with Crippen molar-refractivity contribution < 1.29 is 18.7 Å². The van der Waals surface area contributed by atoms with Crippen LogP contribution in [0.4, 0.5) is 20.7 Å². The van der Waals surface area contributed by atoms with Crippen LogP contribution in [0.2, 0.25) is 5.15 Å². The lowest BCUT2D eigenvalue weighted by Crippen LogP contribution is -2.47. The second-order valence-corrected chi connectivity index (χ2v) is 8.41. The number of nitriles is 1. The second-order valence-electron chi connectivity index (χ2n) is 8.05. The maximum absolute atomic E-state index is 13.2. The number of alkyl halides is 1. The van der Waals surface area contributed by atoms with E-state index in [9.17, 15) is 19.2 Å². The third-order valence-electron chi connectivity index (χ3n) is 5.61. The molecule has 2 N–H and O–H groups in total. The normalized spacial score (nSPS) is 19.7. The summed E-state index contributed by atoms with van der Waals surface area (Å²) in [5, 5.41) is 22.7. The highest BCUT2D eigenvalue weighted by Gasteiger charge is 2.51. The molecule has 2 amide bonds. The van der Waals surface area contributed by atoms with Crippen LogP contribution in [0.15, 0.2) is 36.7 Å². The molecule has 4 rings (SSSR count). The van der Waals surface area contributed by atoms with Crippen LogP contribution >= 0.6 is 11.6 Å². The zero-order valence-corrected chi connectivity index (χ0v) is 19.5. The van der Waals surface area contributed by atoms with Gasteiger partial charge in [-0.1, -0.05) is 22.9 Å². The Bertz CT molecular complexity index is 1300. The van der Waals surface area contributed by atoms with Gasteiger partial charge in [0.05, 0.1) is 23.6 Å². The fourth-order valence-electron chi connectivity index (χ4n) is 3.60. The first-order valence-electron chi connectivity index (χ1n) is 10.5. The monoisotopic (exact) mass is 498 g/mol. The molecule has 0 aromatic carbocycles. The van der Waals surface area contributed by atoms with Gasteiger partial charge < -0.3 is 10.1 Å². The van der Waals surface area contributed by atoms with Crippen LogP contribution in [0.1, 0.15) is 31.4 Å². The van der Waals surface area contributed by atoms with Crippen LogP contribution < -0.4 is 10.6 Å². The lowest BCUT2D eigenvalue weighted by atomic mass is 9.68. The molecule has 3 heterocycles. The van der Waals surface area contributed by atoms with Gasteiger partial charge in [0, 0.05) is 31.6 Å². The minimum absolute atomic E-state index is 0.128. The first-order valence-corrected chi connectivity index (χ1v) is 10.9. The Hall–Kier alpha value is -4.11. The summed E-state index contributed by atoms with van der Waals surface area (Å²) in [6.07, 6.45) is 0.0638. The van der Waals surface area contributed by atoms with Crippen molar-refractivity contribution in [1.29, 1.82) is 5.26 Å². The number of hydrogen-bond donors (Lipinski definition) is 2. The molecule has 180 valence electrons. The summed E-state index contributed by atoms with van der Waals surface area (Å²) in [4.78, 5) is 33.2. The topological polar surface area (TPSA) is 148 Å². The molecule has 0 spiro atoms. The first kappa shape index (κ1) is 24.0. The lowest BCUT2D eigenvalue weighted by Gasteiger charge is -2.36. The van der Waals surface area contributed by atoms with E-state index in [0.29, 0.717) is 16.9 Å². The Balaban J connectivity index is 1.44. The van der Waals surface area contributed by atoms with Crippen molar-refractivity contribution in [3.63, 3.8) is 0 Å². The van der Waals surface area contributed by atoms with E-state index < -0.39 is 29.7 Å². The van der Waals surface area contributed by atoms with Crippen molar-refractivity contribution in [2.45, 2.75) is 32.0 Å². The Morgan fingerprint density at radius 1 is 1.31 bits per heavy atom. The van der Waals surface area contributed by atoms with E-state index in [2.05, 4.69) is 30.9 Å². The van der Waals surface area contributed by atoms with E-state index in [1.165, 1.54) is 17.1 Å². The molecule has 0 saturated heterocycles. The van der Waals surface area contributed by atoms with Crippen LogP contribution in [0.25, 0.3) is 11.4 Å². The van der Waals surface area contributed by atoms with Gasteiger partial charge in [0.15, 0.2) is 11.5 Å². The standard InChI is InChI=1S/C22H20ClFN8O3/c1-12(15-4-3-7-26-18(15)23)35-21(34)29-19-17(30-31-32(19)2)16-6-5-14(10-27-16)28-20(33)22(11-25)8-13(24)9-22/h3-7,10,12-13H,8-9H2,1-2H3,(H,28,33)(H,29,34)/t12-,13?,22?/m1/s1. The van der Waals surface area contributed by atoms with Crippen molar-refractivity contribution in [3.8, 4) is 17.5 Å². The third kappa shape index (κ3) is 4.90. The Labute approximate surface area is 204 Å². The number of hydrogen-bond acceptors (Lipinski definition) is 8. The van der Waals surface area contributed by atoms with E-state index in [1.54, 1.807) is 38.2 Å². The average molecular weight is 499 g/mol. The molecule has 0 radical (unpaired) electrons. The molecule has 0 bridgehead atoms. The summed E-state index contributed by atoms with van der Waals surface area (Å²) < 4.78 is 20.0. The van der Waals surface area contributed by atoms with Gasteiger partial charge in [0.25, 0.3) is 0 Å². The van der Waals surface area contributed by atoms with Crippen LogP contribution in [-0.4, -0.2) is 43.1 Å². The van der Waals surface area contributed by atoms with Gasteiger partial charge in [-0.15, -0.1) is 5.10 Å². The summed E-state index contributed by atoms with van der Waals surface area (Å²) in [6, 6.07) is 8.41. The smallest absolute Gasteiger partial charge is 0.413 e. The Morgan fingerprint density at radius 2 is 2.09 bits per heavy atom. The lowest BCUT2D eigenvalue weighted by molar-refractivity contribution is -0.129. The van der Waals surface area contributed by atoms with Crippen molar-refractivity contribution >= 4 is 35.1 Å². The predicted octanol–water partition coefficient (Wildman–Crippen LogP) is 3.82. The number of halogens is 2. The summed E-state index contributed by atoms with van der Waals surface area (Å²) in [7, 11) is 1.58. The number of aromatic nitrogens is 5. The SMILES string of the molecule is C[C@@H](OC(=O)Nc1c(-c2ccc(NC(=O)C3(C#N)CC(F)C3)cn2)nnn1C)c1cccnc1Cl. The molecule has 0 aliphatic heterocycles. The fraction of sp³-hybridized carbons (Fsp3) is 0.318. The molecule has 35 heavy (non-hydrogen) atoms. The molecule has 0 unspecified atom stereocenters. The van der Waals surface area contributed by atoms with Gasteiger partial charge in [-0.05, 0) is 25.1 Å². The van der Waals surface area contributed by atoms with Crippen LogP contribution in [0, 0.1) is 16.7 Å². The van der Waals surface area contributed by atoms with Crippen molar-refractivity contribution in [3.05, 3.63) is 47.4 Å². The molecule has 1 aliphatic rings. The average Bonchev–Trinajstić information content (AvgIpc) is 3.17. The highest BCUT2D eigenvalue weighted by atomic mass is 35.5.